The van der Waals surface area contributed by atoms with Crippen molar-refractivity contribution in [3.05, 3.63) is 60.3 Å². The minimum atomic E-state index is 0. The second kappa shape index (κ2) is 22.7. The maximum Gasteiger partial charge on any atom is 0.0219 e. The zero-order valence-electron chi connectivity index (χ0n) is 22.1. The molecule has 34 heavy (non-hydrogen) atoms. The highest BCUT2D eigenvalue weighted by Gasteiger charge is 2.07. The second-order valence-electron chi connectivity index (χ2n) is 9.60. The smallest absolute Gasteiger partial charge is 0.0219 e. The number of allylic oxidation sites excluding steroid dienone is 6. The fourth-order valence-corrected chi connectivity index (χ4v) is 4.45. The molecule has 2 aliphatic heterocycles. The zero-order valence-corrected chi connectivity index (χ0v) is 25.5. The Morgan fingerprint density at radius 3 is 0.971 bits per heavy atom. The molecule has 196 valence electrons. The molecule has 0 atom stereocenters. The van der Waals surface area contributed by atoms with Crippen molar-refractivity contribution in [1.82, 2.24) is 9.80 Å². The molecule has 0 fully saturated rings. The summed E-state index contributed by atoms with van der Waals surface area (Å²) in [6.45, 7) is 6.86. The molecule has 0 saturated carbocycles. The average molecular weight is 601 g/mol. The summed E-state index contributed by atoms with van der Waals surface area (Å²) in [5.41, 5.74) is 2.63. The third kappa shape index (κ3) is 15.3. The third-order valence-electron chi connectivity index (χ3n) is 6.66. The minimum Gasteiger partial charge on any atom is -0.354 e. The summed E-state index contributed by atoms with van der Waals surface area (Å²) in [7, 11) is 0. The van der Waals surface area contributed by atoms with Crippen LogP contribution in [0.3, 0.4) is 0 Å². The van der Waals surface area contributed by atoms with E-state index in [-0.39, 0.29) is 34.0 Å². The van der Waals surface area contributed by atoms with Gasteiger partial charge in [-0.3, -0.25) is 0 Å². The summed E-state index contributed by atoms with van der Waals surface area (Å²) >= 11 is 0. The normalized spacial score (nSPS) is 14.5. The molecule has 0 aromatic heterocycles. The van der Waals surface area contributed by atoms with Crippen LogP contribution in [0.25, 0.3) is 0 Å². The number of unbranched alkanes of at least 4 members (excludes halogenated alkanes) is 14. The quantitative estimate of drug-likeness (QED) is 0.145. The van der Waals surface area contributed by atoms with E-state index in [0.717, 1.165) is 13.1 Å². The Hall–Kier alpha value is -0.740. The average Bonchev–Trinajstić information content (AvgIpc) is 2.83. The maximum atomic E-state index is 2.34. The van der Waals surface area contributed by atoms with Gasteiger partial charge in [-0.2, -0.15) is 0 Å². The Labute approximate surface area is 232 Å². The summed E-state index contributed by atoms with van der Waals surface area (Å²) in [6.07, 6.45) is 40.2. The van der Waals surface area contributed by atoms with Gasteiger partial charge in [0, 0.05) is 37.9 Å². The van der Waals surface area contributed by atoms with Crippen LogP contribution in [0.15, 0.2) is 60.3 Å². The van der Waals surface area contributed by atoms with Crippen molar-refractivity contribution in [2.24, 2.45) is 0 Å². The molecule has 0 radical (unpaired) electrons. The van der Waals surface area contributed by atoms with Crippen LogP contribution >= 0.6 is 34.0 Å². The van der Waals surface area contributed by atoms with E-state index in [2.05, 4.69) is 72.8 Å². The van der Waals surface area contributed by atoms with Gasteiger partial charge in [0.05, 0.1) is 0 Å². The molecule has 0 spiro atoms. The van der Waals surface area contributed by atoms with Gasteiger partial charge in [0.25, 0.3) is 0 Å². The van der Waals surface area contributed by atoms with Crippen LogP contribution in [0.4, 0.5) is 0 Å². The molecule has 0 aliphatic carbocycles. The number of halogens is 2. The van der Waals surface area contributed by atoms with Gasteiger partial charge in [-0.1, -0.05) is 104 Å². The first kappa shape index (κ1) is 33.3. The van der Waals surface area contributed by atoms with Gasteiger partial charge in [-0.15, -0.1) is 34.0 Å². The van der Waals surface area contributed by atoms with Crippen molar-refractivity contribution in [2.45, 2.75) is 117 Å². The maximum absolute atomic E-state index is 2.34. The van der Waals surface area contributed by atoms with Crippen molar-refractivity contribution in [1.29, 1.82) is 0 Å². The lowest BCUT2D eigenvalue weighted by Gasteiger charge is -2.22. The van der Waals surface area contributed by atoms with Crippen LogP contribution in [-0.4, -0.2) is 22.9 Å². The fraction of sp³-hybridized carbons (Fsp3) is 0.667. The molecule has 2 heterocycles. The van der Waals surface area contributed by atoms with Crippen LogP contribution < -0.4 is 0 Å². The largest absolute Gasteiger partial charge is 0.354 e. The molecule has 0 amide bonds. The number of rotatable bonds is 18. The number of nitrogens with zero attached hydrogens (tertiary/aromatic N) is 2. The van der Waals surface area contributed by atoms with E-state index in [1.54, 1.807) is 0 Å². The van der Waals surface area contributed by atoms with Gasteiger partial charge >= 0.3 is 0 Å². The highest BCUT2D eigenvalue weighted by Crippen LogP contribution is 2.20. The lowest BCUT2D eigenvalue weighted by Crippen LogP contribution is -2.15. The van der Waals surface area contributed by atoms with Gasteiger partial charge in [0.15, 0.2) is 0 Å². The van der Waals surface area contributed by atoms with Gasteiger partial charge in [0.1, 0.15) is 0 Å². The van der Waals surface area contributed by atoms with Gasteiger partial charge in [-0.25, -0.2) is 0 Å². The lowest BCUT2D eigenvalue weighted by atomic mass is 10.0. The van der Waals surface area contributed by atoms with Gasteiger partial charge in [0.2, 0.25) is 0 Å². The Kier molecular flexibility index (Phi) is 22.2. The molecule has 4 heteroatoms. The van der Waals surface area contributed by atoms with Crippen molar-refractivity contribution in [3.63, 3.8) is 0 Å². The van der Waals surface area contributed by atoms with Crippen LogP contribution in [0.2, 0.25) is 0 Å². The Balaban J connectivity index is 0.00000544. The Bertz CT molecular complexity index is 548. The monoisotopic (exact) mass is 598 g/mol. The SMILES string of the molecule is Br.Br.CCCCCCCCCCN1C=CC(=C2C=CN(CCCCCCCCCC)C=C2)C=C1. The van der Waals surface area contributed by atoms with Crippen LogP contribution in [0.5, 0.6) is 0 Å². The molecular weight excluding hydrogens is 548 g/mol. The van der Waals surface area contributed by atoms with Crippen LogP contribution in [0, 0.1) is 0 Å². The molecule has 2 rings (SSSR count). The highest BCUT2D eigenvalue weighted by atomic mass is 79.9. The van der Waals surface area contributed by atoms with Crippen molar-refractivity contribution in [2.75, 3.05) is 13.1 Å². The summed E-state index contributed by atoms with van der Waals surface area (Å²) < 4.78 is 0. The molecule has 0 saturated heterocycles. The molecular formula is C30H52Br2N2. The summed E-state index contributed by atoms with van der Waals surface area (Å²) in [6, 6.07) is 0. The van der Waals surface area contributed by atoms with E-state index < -0.39 is 0 Å². The van der Waals surface area contributed by atoms with E-state index in [4.69, 9.17) is 0 Å². The standard InChI is InChI=1S/C30H50N2.2BrH/c1-3-5-7-9-11-13-15-17-23-31-25-19-29(20-26-31)30-21-27-32(28-22-30)24-18-16-14-12-10-8-6-4-2;;/h19-22,25-28H,3-18,23-24H2,1-2H3;2*1H. The van der Waals surface area contributed by atoms with E-state index in [9.17, 15) is 0 Å². The molecule has 0 aromatic carbocycles. The highest BCUT2D eigenvalue weighted by molar-refractivity contribution is 8.93. The predicted molar refractivity (Wildman–Crippen MR) is 163 cm³/mol. The topological polar surface area (TPSA) is 6.48 Å². The summed E-state index contributed by atoms with van der Waals surface area (Å²) in [5, 5.41) is 0. The second-order valence-corrected chi connectivity index (χ2v) is 9.60. The van der Waals surface area contributed by atoms with Crippen molar-refractivity contribution >= 4 is 34.0 Å². The van der Waals surface area contributed by atoms with E-state index in [1.165, 1.54) is 114 Å². The Morgan fingerprint density at radius 2 is 0.676 bits per heavy atom. The first-order valence-electron chi connectivity index (χ1n) is 13.8. The van der Waals surface area contributed by atoms with Gasteiger partial charge < -0.3 is 9.80 Å². The van der Waals surface area contributed by atoms with E-state index in [1.807, 2.05) is 0 Å². The zero-order chi connectivity index (χ0) is 22.7. The van der Waals surface area contributed by atoms with Crippen molar-refractivity contribution < 1.29 is 0 Å². The molecule has 0 aromatic rings. The van der Waals surface area contributed by atoms with Crippen LogP contribution in [0.1, 0.15) is 117 Å². The van der Waals surface area contributed by atoms with Crippen molar-refractivity contribution in [3.8, 4) is 0 Å². The van der Waals surface area contributed by atoms with E-state index >= 15 is 0 Å². The summed E-state index contributed by atoms with van der Waals surface area (Å²) in [5.74, 6) is 0. The fourth-order valence-electron chi connectivity index (χ4n) is 4.45. The lowest BCUT2D eigenvalue weighted by molar-refractivity contribution is 0.460. The molecule has 2 nitrogen and oxygen atoms in total. The first-order valence-corrected chi connectivity index (χ1v) is 13.8. The number of hydrogen-bond acceptors (Lipinski definition) is 2. The molecule has 0 bridgehead atoms. The molecule has 0 unspecified atom stereocenters. The molecule has 2 aliphatic rings. The number of hydrogen-bond donors (Lipinski definition) is 0. The first-order chi connectivity index (χ1) is 15.8. The predicted octanol–water partition coefficient (Wildman–Crippen LogP) is 10.4. The minimum absolute atomic E-state index is 0. The van der Waals surface area contributed by atoms with E-state index in [0.29, 0.717) is 0 Å². The third-order valence-corrected chi connectivity index (χ3v) is 6.66. The Morgan fingerprint density at radius 1 is 0.412 bits per heavy atom. The molecule has 0 N–H and O–H groups in total. The van der Waals surface area contributed by atoms with Gasteiger partial charge in [-0.05, 0) is 48.3 Å². The van der Waals surface area contributed by atoms with Crippen LogP contribution in [-0.2, 0) is 0 Å². The summed E-state index contributed by atoms with van der Waals surface area (Å²) in [4.78, 5) is 4.68.